The van der Waals surface area contributed by atoms with Gasteiger partial charge in [-0.05, 0) is 47.5 Å². The van der Waals surface area contributed by atoms with Gasteiger partial charge in [0.2, 0.25) is 11.8 Å². The number of thioether (sulfide) groups is 1. The molecule has 0 spiro atoms. The van der Waals surface area contributed by atoms with E-state index in [1.165, 1.54) is 0 Å². The number of carbonyl (C=O) groups excluding carboxylic acids is 2. The van der Waals surface area contributed by atoms with Crippen LogP contribution in [-0.2, 0) is 9.59 Å². The molecule has 2 aliphatic heterocycles. The zero-order chi connectivity index (χ0) is 15.2. The molecule has 1 aromatic rings. The second-order valence-electron chi connectivity index (χ2n) is 5.38. The Morgan fingerprint density at radius 1 is 1.48 bits per heavy atom. The van der Waals surface area contributed by atoms with Crippen LogP contribution in [0.2, 0.25) is 0 Å². The first-order valence-corrected chi connectivity index (χ1v) is 9.20. The minimum atomic E-state index is -0.388. The van der Waals surface area contributed by atoms with Gasteiger partial charge in [-0.15, -0.1) is 11.8 Å². The molecule has 1 aromatic carbocycles. The number of hydrogen-bond acceptors (Lipinski definition) is 3. The van der Waals surface area contributed by atoms with Gasteiger partial charge in [-0.2, -0.15) is 0 Å². The summed E-state index contributed by atoms with van der Waals surface area (Å²) >= 11 is 8.51. The van der Waals surface area contributed by atoms with Gasteiger partial charge in [-0.1, -0.05) is 15.9 Å². The van der Waals surface area contributed by atoms with Crippen LogP contribution in [0.4, 0.5) is 5.69 Å². The maximum Gasteiger partial charge on any atom is 0.248 e. The molecule has 0 bridgehead atoms. The summed E-state index contributed by atoms with van der Waals surface area (Å²) in [5, 5.41) is 2.92. The fourth-order valence-electron chi connectivity index (χ4n) is 2.82. The number of fused-ring (bicyclic) bond motifs is 1. The summed E-state index contributed by atoms with van der Waals surface area (Å²) in [7, 11) is 0. The molecule has 7 heteroatoms. The van der Waals surface area contributed by atoms with E-state index in [4.69, 9.17) is 0 Å². The number of carbonyl (C=O) groups is 2. The molecule has 0 aromatic heterocycles. The van der Waals surface area contributed by atoms with Crippen molar-refractivity contribution in [2.45, 2.75) is 30.7 Å². The van der Waals surface area contributed by atoms with Crippen LogP contribution in [0, 0.1) is 0 Å². The Morgan fingerprint density at radius 3 is 3.00 bits per heavy atom. The van der Waals surface area contributed by atoms with Crippen molar-refractivity contribution in [3.8, 4) is 0 Å². The summed E-state index contributed by atoms with van der Waals surface area (Å²) < 4.78 is 1.71. The van der Waals surface area contributed by atoms with E-state index in [0.717, 1.165) is 15.4 Å². The normalized spacial score (nSPS) is 27.9. The van der Waals surface area contributed by atoms with Crippen molar-refractivity contribution in [2.75, 3.05) is 11.1 Å². The Morgan fingerprint density at radius 2 is 2.24 bits per heavy atom. The topological polar surface area (TPSA) is 49.4 Å². The molecule has 112 valence electrons. The third kappa shape index (κ3) is 2.75. The van der Waals surface area contributed by atoms with Gasteiger partial charge in [0, 0.05) is 21.1 Å². The second kappa shape index (κ2) is 5.59. The fraction of sp³-hybridized carbons (Fsp3) is 0.429. The smallest absolute Gasteiger partial charge is 0.248 e. The summed E-state index contributed by atoms with van der Waals surface area (Å²) in [6.45, 7) is 2.05. The van der Waals surface area contributed by atoms with E-state index >= 15 is 0 Å². The molecule has 21 heavy (non-hydrogen) atoms. The predicted octanol–water partition coefficient (Wildman–Crippen LogP) is 3.60. The van der Waals surface area contributed by atoms with Crippen LogP contribution in [0.1, 0.15) is 19.8 Å². The lowest BCUT2D eigenvalue weighted by Gasteiger charge is -2.29. The highest BCUT2D eigenvalue weighted by molar-refractivity contribution is 9.11. The van der Waals surface area contributed by atoms with E-state index in [1.807, 2.05) is 25.1 Å². The maximum absolute atomic E-state index is 12.6. The van der Waals surface area contributed by atoms with Crippen molar-refractivity contribution in [1.82, 2.24) is 4.90 Å². The van der Waals surface area contributed by atoms with Gasteiger partial charge in [0.05, 0.1) is 10.6 Å². The lowest BCUT2D eigenvalue weighted by molar-refractivity contribution is -0.135. The molecule has 2 saturated heterocycles. The average Bonchev–Trinajstić information content (AvgIpc) is 2.91. The Bertz CT molecular complexity index is 625. The van der Waals surface area contributed by atoms with Gasteiger partial charge in [-0.25, -0.2) is 0 Å². The van der Waals surface area contributed by atoms with Gasteiger partial charge < -0.3 is 10.2 Å². The first kappa shape index (κ1) is 15.4. The lowest BCUT2D eigenvalue weighted by atomic mass is 10.2. The minimum Gasteiger partial charge on any atom is -0.323 e. The van der Waals surface area contributed by atoms with E-state index in [1.54, 1.807) is 16.7 Å². The first-order valence-electron chi connectivity index (χ1n) is 6.63. The molecule has 0 radical (unpaired) electrons. The van der Waals surface area contributed by atoms with Crippen molar-refractivity contribution in [2.24, 2.45) is 0 Å². The number of benzene rings is 1. The SMILES string of the molecule is CC12CCC(=O)N1C(C(=O)Nc1cc(Br)ccc1Br)CS2. The zero-order valence-electron chi connectivity index (χ0n) is 11.4. The Labute approximate surface area is 144 Å². The monoisotopic (exact) mass is 432 g/mol. The largest absolute Gasteiger partial charge is 0.323 e. The van der Waals surface area contributed by atoms with Gasteiger partial charge in [0.15, 0.2) is 0 Å². The Kier molecular flexibility index (Phi) is 4.09. The van der Waals surface area contributed by atoms with Gasteiger partial charge in [-0.3, -0.25) is 9.59 Å². The van der Waals surface area contributed by atoms with Gasteiger partial charge >= 0.3 is 0 Å². The van der Waals surface area contributed by atoms with Crippen LogP contribution in [0.25, 0.3) is 0 Å². The maximum atomic E-state index is 12.6. The third-order valence-corrected chi connectivity index (χ3v) is 6.62. The molecule has 2 amide bonds. The molecule has 2 heterocycles. The number of rotatable bonds is 2. The fourth-order valence-corrected chi connectivity index (χ4v) is 4.96. The molecular weight excluding hydrogens is 420 g/mol. The molecule has 2 aliphatic rings. The Hall–Kier alpha value is -0.530. The summed E-state index contributed by atoms with van der Waals surface area (Å²) in [4.78, 5) is 26.2. The Balaban J connectivity index is 1.80. The van der Waals surface area contributed by atoms with Crippen LogP contribution in [0.3, 0.4) is 0 Å². The van der Waals surface area contributed by atoms with E-state index in [0.29, 0.717) is 17.9 Å². The number of amides is 2. The van der Waals surface area contributed by atoms with Crippen molar-refractivity contribution < 1.29 is 9.59 Å². The van der Waals surface area contributed by atoms with Gasteiger partial charge in [0.25, 0.3) is 0 Å². The quantitative estimate of drug-likeness (QED) is 0.774. The molecule has 4 nitrogen and oxygen atoms in total. The summed E-state index contributed by atoms with van der Waals surface area (Å²) in [6.07, 6.45) is 1.36. The van der Waals surface area contributed by atoms with Crippen molar-refractivity contribution >= 4 is 61.1 Å². The summed E-state index contributed by atoms with van der Waals surface area (Å²) in [5.41, 5.74) is 0.708. The summed E-state index contributed by atoms with van der Waals surface area (Å²) in [5.74, 6) is 0.607. The zero-order valence-corrected chi connectivity index (χ0v) is 15.3. The molecule has 1 N–H and O–H groups in total. The highest BCUT2D eigenvalue weighted by atomic mass is 79.9. The lowest BCUT2D eigenvalue weighted by Crippen LogP contribution is -2.48. The standard InChI is InChI=1S/C14H14Br2N2O2S/c1-14-5-4-12(19)18(14)11(7-21-14)13(20)17-10-6-8(15)2-3-9(10)16/h2-3,6,11H,4-5,7H2,1H3,(H,17,20). The molecule has 0 saturated carbocycles. The summed E-state index contributed by atoms with van der Waals surface area (Å²) in [6, 6.07) is 5.22. The molecule has 3 rings (SSSR count). The molecule has 2 fully saturated rings. The van der Waals surface area contributed by atoms with E-state index in [2.05, 4.69) is 37.2 Å². The van der Waals surface area contributed by atoms with Crippen LogP contribution in [-0.4, -0.2) is 33.4 Å². The second-order valence-corrected chi connectivity index (χ2v) is 8.65. The highest BCUT2D eigenvalue weighted by Gasteiger charge is 2.52. The van der Waals surface area contributed by atoms with E-state index in [9.17, 15) is 9.59 Å². The molecule has 0 aliphatic carbocycles. The molecule has 2 atom stereocenters. The van der Waals surface area contributed by atoms with Crippen molar-refractivity contribution in [3.05, 3.63) is 27.1 Å². The van der Waals surface area contributed by atoms with Crippen molar-refractivity contribution in [3.63, 3.8) is 0 Å². The van der Waals surface area contributed by atoms with Crippen molar-refractivity contribution in [1.29, 1.82) is 0 Å². The number of nitrogens with one attached hydrogen (secondary N) is 1. The minimum absolute atomic E-state index is 0.0796. The van der Waals surface area contributed by atoms with E-state index < -0.39 is 0 Å². The number of nitrogens with zero attached hydrogens (tertiary/aromatic N) is 1. The number of halogens is 2. The first-order chi connectivity index (χ1) is 9.90. The number of hydrogen-bond donors (Lipinski definition) is 1. The number of anilines is 1. The molecule has 2 unspecified atom stereocenters. The van der Waals surface area contributed by atoms with Crippen LogP contribution in [0.15, 0.2) is 27.1 Å². The van der Waals surface area contributed by atoms with E-state index in [-0.39, 0.29) is 22.7 Å². The molecular formula is C14H14Br2N2O2S. The predicted molar refractivity (Wildman–Crippen MR) is 91.2 cm³/mol. The van der Waals surface area contributed by atoms with Crippen LogP contribution < -0.4 is 5.32 Å². The van der Waals surface area contributed by atoms with Gasteiger partial charge in [0.1, 0.15) is 6.04 Å². The van der Waals surface area contributed by atoms with Crippen LogP contribution >= 0.6 is 43.6 Å². The van der Waals surface area contributed by atoms with Crippen LogP contribution in [0.5, 0.6) is 0 Å². The average molecular weight is 434 g/mol. The third-order valence-electron chi connectivity index (χ3n) is 3.93. The highest BCUT2D eigenvalue weighted by Crippen LogP contribution is 2.47.